The molecular formula is C29H35F2N3O3. The smallest absolute Gasteiger partial charge is 0.241 e. The first kappa shape index (κ1) is 27.1. The van der Waals surface area contributed by atoms with E-state index in [1.54, 1.807) is 4.90 Å². The van der Waals surface area contributed by atoms with Gasteiger partial charge < -0.3 is 20.3 Å². The van der Waals surface area contributed by atoms with Crippen LogP contribution in [0.1, 0.15) is 44.4 Å². The van der Waals surface area contributed by atoms with Gasteiger partial charge in [-0.25, -0.2) is 8.78 Å². The van der Waals surface area contributed by atoms with Crippen LogP contribution in [-0.2, 0) is 14.3 Å². The zero-order valence-corrected chi connectivity index (χ0v) is 21.6. The summed E-state index contributed by atoms with van der Waals surface area (Å²) in [6.07, 6.45) is 1.61. The van der Waals surface area contributed by atoms with Crippen molar-refractivity contribution in [3.63, 3.8) is 0 Å². The number of nitrogens with zero attached hydrogens (tertiary/aromatic N) is 1. The lowest BCUT2D eigenvalue weighted by Crippen LogP contribution is -2.53. The number of halogens is 2. The Morgan fingerprint density at radius 3 is 2.59 bits per heavy atom. The summed E-state index contributed by atoms with van der Waals surface area (Å²) in [5, 5.41) is 6.47. The van der Waals surface area contributed by atoms with E-state index in [4.69, 9.17) is 4.74 Å². The summed E-state index contributed by atoms with van der Waals surface area (Å²) in [7, 11) is 0. The second kappa shape index (κ2) is 11.6. The van der Waals surface area contributed by atoms with E-state index in [0.29, 0.717) is 25.3 Å². The molecule has 2 aliphatic rings. The molecule has 8 heteroatoms. The Kier molecular flexibility index (Phi) is 8.52. The maximum Gasteiger partial charge on any atom is 0.241 e. The Hall–Kier alpha value is -2.94. The minimum absolute atomic E-state index is 0.00586. The molecule has 2 aromatic carbocycles. The summed E-state index contributed by atoms with van der Waals surface area (Å²) < 4.78 is 34.2. The number of hydrogen-bond acceptors (Lipinski definition) is 5. The van der Waals surface area contributed by atoms with Crippen molar-refractivity contribution in [3.8, 4) is 0 Å². The predicted octanol–water partition coefficient (Wildman–Crippen LogP) is 3.88. The van der Waals surface area contributed by atoms with E-state index in [1.165, 1.54) is 6.07 Å². The lowest BCUT2D eigenvalue weighted by molar-refractivity contribution is -0.137. The molecule has 0 bridgehead atoms. The van der Waals surface area contributed by atoms with Gasteiger partial charge in [-0.05, 0) is 34.8 Å². The van der Waals surface area contributed by atoms with Crippen LogP contribution < -0.4 is 10.6 Å². The van der Waals surface area contributed by atoms with Gasteiger partial charge in [0.2, 0.25) is 5.91 Å². The van der Waals surface area contributed by atoms with Gasteiger partial charge in [-0.15, -0.1) is 0 Å². The fraction of sp³-hybridized carbons (Fsp3) is 0.448. The number of rotatable bonds is 8. The lowest BCUT2D eigenvalue weighted by Gasteiger charge is -2.36. The van der Waals surface area contributed by atoms with Crippen molar-refractivity contribution in [2.75, 3.05) is 32.8 Å². The molecule has 2 aliphatic heterocycles. The molecule has 6 nitrogen and oxygen atoms in total. The molecule has 0 spiro atoms. The highest BCUT2D eigenvalue weighted by atomic mass is 19.1. The Bertz CT molecular complexity index is 1140. The Morgan fingerprint density at radius 2 is 1.92 bits per heavy atom. The lowest BCUT2D eigenvalue weighted by atomic mass is 9.85. The van der Waals surface area contributed by atoms with Crippen LogP contribution in [0.4, 0.5) is 8.78 Å². The Balaban J connectivity index is 1.54. The summed E-state index contributed by atoms with van der Waals surface area (Å²) in [5.74, 6) is -1.23. The topological polar surface area (TPSA) is 70.7 Å². The molecule has 1 fully saturated rings. The van der Waals surface area contributed by atoms with Crippen LogP contribution in [0.5, 0.6) is 0 Å². The minimum Gasteiger partial charge on any atom is -0.368 e. The molecule has 1 unspecified atom stereocenters. The molecule has 3 atom stereocenters. The zero-order chi connectivity index (χ0) is 26.6. The number of benzene rings is 2. The third-order valence-corrected chi connectivity index (χ3v) is 6.85. The van der Waals surface area contributed by atoms with E-state index in [1.807, 2.05) is 57.2 Å². The van der Waals surface area contributed by atoms with Crippen LogP contribution in [0.25, 0.3) is 5.57 Å². The number of ketones is 1. The molecule has 1 saturated heterocycles. The third-order valence-electron chi connectivity index (χ3n) is 6.85. The number of carbonyl (C=O) groups excluding carboxylic acids is 2. The first-order valence-electron chi connectivity index (χ1n) is 12.7. The monoisotopic (exact) mass is 511 g/mol. The van der Waals surface area contributed by atoms with Crippen molar-refractivity contribution in [1.82, 2.24) is 15.5 Å². The van der Waals surface area contributed by atoms with Crippen LogP contribution in [0.3, 0.4) is 0 Å². The fourth-order valence-electron chi connectivity index (χ4n) is 4.88. The minimum atomic E-state index is -0.595. The van der Waals surface area contributed by atoms with Crippen molar-refractivity contribution in [3.05, 3.63) is 77.4 Å². The molecule has 2 heterocycles. The van der Waals surface area contributed by atoms with Crippen molar-refractivity contribution in [2.24, 2.45) is 5.41 Å². The van der Waals surface area contributed by atoms with E-state index < -0.39 is 35.2 Å². The largest absolute Gasteiger partial charge is 0.368 e. The summed E-state index contributed by atoms with van der Waals surface area (Å²) >= 11 is 0. The number of morpholine rings is 1. The van der Waals surface area contributed by atoms with Gasteiger partial charge in [0.05, 0.1) is 18.7 Å². The quantitative estimate of drug-likeness (QED) is 0.563. The van der Waals surface area contributed by atoms with Crippen molar-refractivity contribution < 1.29 is 23.1 Å². The first-order chi connectivity index (χ1) is 17.6. The molecular weight excluding hydrogens is 476 g/mol. The highest BCUT2D eigenvalue weighted by Gasteiger charge is 2.39. The maximum absolute atomic E-state index is 14.7. The van der Waals surface area contributed by atoms with Crippen LogP contribution >= 0.6 is 0 Å². The summed E-state index contributed by atoms with van der Waals surface area (Å²) in [6.45, 7) is 8.10. The fourth-order valence-corrected chi connectivity index (χ4v) is 4.88. The normalized spacial score (nSPS) is 21.0. The van der Waals surface area contributed by atoms with Gasteiger partial charge in [-0.2, -0.15) is 0 Å². The number of hydrogen-bond donors (Lipinski definition) is 2. The van der Waals surface area contributed by atoms with E-state index in [0.717, 1.165) is 24.2 Å². The second-order valence-electron chi connectivity index (χ2n) is 10.7. The zero-order valence-electron chi connectivity index (χ0n) is 21.6. The maximum atomic E-state index is 14.7. The average molecular weight is 512 g/mol. The average Bonchev–Trinajstić information content (AvgIpc) is 3.33. The molecule has 0 aliphatic carbocycles. The molecule has 198 valence electrons. The van der Waals surface area contributed by atoms with E-state index >= 15 is 0 Å². The van der Waals surface area contributed by atoms with Gasteiger partial charge in [0.15, 0.2) is 5.78 Å². The van der Waals surface area contributed by atoms with Gasteiger partial charge in [0, 0.05) is 38.2 Å². The summed E-state index contributed by atoms with van der Waals surface area (Å²) in [4.78, 5) is 28.3. The van der Waals surface area contributed by atoms with Crippen LogP contribution in [-0.4, -0.2) is 61.5 Å². The molecule has 1 amide bonds. The molecule has 4 rings (SSSR count). The summed E-state index contributed by atoms with van der Waals surface area (Å²) in [5.41, 5.74) is 1.14. The first-order valence-corrected chi connectivity index (χ1v) is 12.7. The number of carbonyl (C=O) groups is 2. The molecule has 37 heavy (non-hydrogen) atoms. The number of Topliss-reactive ketones (excluding diaryl/α,β-unsaturated/α-hetero) is 1. The molecule has 2 aromatic rings. The number of ether oxygens (including phenoxy) is 1. The number of amides is 1. The van der Waals surface area contributed by atoms with E-state index in [9.17, 15) is 18.4 Å². The predicted molar refractivity (Wildman–Crippen MR) is 139 cm³/mol. The van der Waals surface area contributed by atoms with E-state index in [-0.39, 0.29) is 30.2 Å². The number of nitrogens with one attached hydrogen (secondary N) is 2. The van der Waals surface area contributed by atoms with Gasteiger partial charge in [0.25, 0.3) is 0 Å². The Morgan fingerprint density at radius 1 is 1.16 bits per heavy atom. The second-order valence-corrected chi connectivity index (χ2v) is 10.7. The standard InChI is InChI=1S/C29H35F2N3O3/c1-29(2,3)27(33-12-11-25(35)26-17-32-13-14-37-26)28(36)34-18-20(22-16-21(30)9-10-23(22)31)15-24(34)19-7-5-4-6-8-19/h4-10,15-16,24,26-27,32-33H,11-14,17-18H2,1-3H3/t24-,26?,27+/m0/s1. The van der Waals surface area contributed by atoms with Crippen molar-refractivity contribution in [2.45, 2.75) is 45.4 Å². The van der Waals surface area contributed by atoms with Gasteiger partial charge in [0.1, 0.15) is 17.7 Å². The van der Waals surface area contributed by atoms with Gasteiger partial charge in [-0.1, -0.05) is 57.2 Å². The van der Waals surface area contributed by atoms with Crippen LogP contribution in [0.15, 0.2) is 54.6 Å². The molecule has 0 radical (unpaired) electrons. The van der Waals surface area contributed by atoms with Gasteiger partial charge >= 0.3 is 0 Å². The van der Waals surface area contributed by atoms with Crippen molar-refractivity contribution >= 4 is 17.3 Å². The highest BCUT2D eigenvalue weighted by molar-refractivity contribution is 5.88. The summed E-state index contributed by atoms with van der Waals surface area (Å²) in [6, 6.07) is 11.8. The molecule has 0 aromatic heterocycles. The molecule has 0 saturated carbocycles. The Labute approximate surface area is 217 Å². The van der Waals surface area contributed by atoms with E-state index in [2.05, 4.69) is 10.6 Å². The van der Waals surface area contributed by atoms with Crippen LogP contribution in [0.2, 0.25) is 0 Å². The van der Waals surface area contributed by atoms with Gasteiger partial charge in [-0.3, -0.25) is 9.59 Å². The van der Waals surface area contributed by atoms with Crippen molar-refractivity contribution in [1.29, 1.82) is 0 Å². The van der Waals surface area contributed by atoms with Crippen LogP contribution in [0, 0.1) is 17.0 Å². The highest BCUT2D eigenvalue weighted by Crippen LogP contribution is 2.37. The molecule has 2 N–H and O–H groups in total. The third kappa shape index (κ3) is 6.50. The SMILES string of the molecule is CC(C)(C)[C@H](NCCC(=O)C1CNCCO1)C(=O)N1CC(c2cc(F)ccc2F)=C[C@H]1c1ccccc1.